The number of fused-ring (bicyclic) bond motifs is 1. The second-order valence-corrected chi connectivity index (χ2v) is 5.60. The van der Waals surface area contributed by atoms with Crippen molar-refractivity contribution >= 4 is 21.7 Å². The van der Waals surface area contributed by atoms with E-state index in [1.807, 2.05) is 49.4 Å². The Balaban J connectivity index is 2.00. The highest BCUT2D eigenvalue weighted by atomic mass is 79.9. The third-order valence-electron chi connectivity index (χ3n) is 3.37. The largest absolute Gasteiger partial charge is 0.484 e. The molecule has 0 bridgehead atoms. The molecule has 1 aliphatic heterocycles. The molecule has 1 unspecified atom stereocenters. The predicted octanol–water partition coefficient (Wildman–Crippen LogP) is 4.46. The first-order valence-corrected chi connectivity index (χ1v) is 6.99. The van der Waals surface area contributed by atoms with Gasteiger partial charge in [0, 0.05) is 4.47 Å². The Kier molecular flexibility index (Phi) is 3.15. The zero-order valence-electron chi connectivity index (χ0n) is 10.5. The van der Waals surface area contributed by atoms with Crippen LogP contribution >= 0.6 is 15.9 Å². The molecule has 0 spiro atoms. The van der Waals surface area contributed by atoms with Crippen molar-refractivity contribution in [1.82, 2.24) is 0 Å². The second-order valence-electron chi connectivity index (χ2n) is 4.74. The van der Waals surface area contributed by atoms with Crippen LogP contribution in [-0.2, 0) is 0 Å². The van der Waals surface area contributed by atoms with Crippen LogP contribution in [0.4, 0.5) is 0 Å². The van der Waals surface area contributed by atoms with Crippen molar-refractivity contribution in [1.29, 1.82) is 0 Å². The van der Waals surface area contributed by atoms with Crippen molar-refractivity contribution < 1.29 is 9.53 Å². The molecule has 0 saturated heterocycles. The summed E-state index contributed by atoms with van der Waals surface area (Å²) in [6.45, 7) is 1.99. The van der Waals surface area contributed by atoms with Gasteiger partial charge in [0.2, 0.25) is 0 Å². The summed E-state index contributed by atoms with van der Waals surface area (Å²) in [5.41, 5.74) is 2.78. The third-order valence-corrected chi connectivity index (χ3v) is 4.23. The SMILES string of the molecule is Cc1cc2c(cc1Br)C(=O)CC(c1ccccc1)O2. The molecule has 0 aliphatic carbocycles. The molecule has 3 rings (SSSR count). The number of hydrogen-bond donors (Lipinski definition) is 0. The van der Waals surface area contributed by atoms with Crippen molar-refractivity contribution in [3.63, 3.8) is 0 Å². The van der Waals surface area contributed by atoms with E-state index in [9.17, 15) is 4.79 Å². The maximum atomic E-state index is 12.2. The van der Waals surface area contributed by atoms with Crippen molar-refractivity contribution in [2.75, 3.05) is 0 Å². The first kappa shape index (κ1) is 12.4. The van der Waals surface area contributed by atoms with Gasteiger partial charge >= 0.3 is 0 Å². The molecular weight excluding hydrogens is 304 g/mol. The van der Waals surface area contributed by atoms with Gasteiger partial charge < -0.3 is 4.74 Å². The molecule has 1 heterocycles. The molecule has 0 fully saturated rings. The fraction of sp³-hybridized carbons (Fsp3) is 0.188. The molecule has 96 valence electrons. The van der Waals surface area contributed by atoms with Gasteiger partial charge in [-0.1, -0.05) is 46.3 Å². The summed E-state index contributed by atoms with van der Waals surface area (Å²) >= 11 is 3.45. The van der Waals surface area contributed by atoms with Gasteiger partial charge in [0.05, 0.1) is 12.0 Å². The van der Waals surface area contributed by atoms with Crippen LogP contribution < -0.4 is 4.74 Å². The molecule has 2 aromatic rings. The molecule has 0 N–H and O–H groups in total. The first-order valence-electron chi connectivity index (χ1n) is 6.20. The highest BCUT2D eigenvalue weighted by Gasteiger charge is 2.28. The van der Waals surface area contributed by atoms with Gasteiger partial charge in [-0.2, -0.15) is 0 Å². The molecule has 1 atom stereocenters. The molecule has 0 amide bonds. The lowest BCUT2D eigenvalue weighted by Gasteiger charge is -2.26. The predicted molar refractivity (Wildman–Crippen MR) is 77.6 cm³/mol. The Morgan fingerprint density at radius 2 is 1.95 bits per heavy atom. The van der Waals surface area contributed by atoms with Crippen LogP contribution in [0.1, 0.15) is 34.0 Å². The number of benzene rings is 2. The smallest absolute Gasteiger partial charge is 0.170 e. The number of ether oxygens (including phenoxy) is 1. The Hall–Kier alpha value is -1.61. The summed E-state index contributed by atoms with van der Waals surface area (Å²) in [4.78, 5) is 12.2. The van der Waals surface area contributed by atoms with Crippen molar-refractivity contribution in [2.45, 2.75) is 19.4 Å². The number of hydrogen-bond acceptors (Lipinski definition) is 2. The quantitative estimate of drug-likeness (QED) is 0.776. The summed E-state index contributed by atoms with van der Waals surface area (Å²) in [6.07, 6.45) is 0.216. The molecule has 0 saturated carbocycles. The molecular formula is C16H13BrO2. The topological polar surface area (TPSA) is 26.3 Å². The maximum Gasteiger partial charge on any atom is 0.170 e. The zero-order valence-corrected chi connectivity index (χ0v) is 12.1. The summed E-state index contributed by atoms with van der Waals surface area (Å²) in [5, 5.41) is 0. The highest BCUT2D eigenvalue weighted by molar-refractivity contribution is 9.10. The monoisotopic (exact) mass is 316 g/mol. The second kappa shape index (κ2) is 4.82. The average Bonchev–Trinajstić information content (AvgIpc) is 2.42. The van der Waals surface area contributed by atoms with E-state index in [0.717, 1.165) is 15.6 Å². The number of rotatable bonds is 1. The van der Waals surface area contributed by atoms with Gasteiger partial charge in [0.1, 0.15) is 11.9 Å². The van der Waals surface area contributed by atoms with E-state index in [-0.39, 0.29) is 11.9 Å². The molecule has 3 heteroatoms. The number of aryl methyl sites for hydroxylation is 1. The van der Waals surface area contributed by atoms with E-state index < -0.39 is 0 Å². The van der Waals surface area contributed by atoms with E-state index in [4.69, 9.17) is 4.74 Å². The zero-order chi connectivity index (χ0) is 13.4. The van der Waals surface area contributed by atoms with Crippen LogP contribution in [0.25, 0.3) is 0 Å². The molecule has 2 aromatic carbocycles. The Morgan fingerprint density at radius 1 is 1.21 bits per heavy atom. The lowest BCUT2D eigenvalue weighted by Crippen LogP contribution is -2.20. The molecule has 1 aliphatic rings. The van der Waals surface area contributed by atoms with Crippen molar-refractivity contribution in [3.05, 3.63) is 63.6 Å². The summed E-state index contributed by atoms with van der Waals surface area (Å²) in [6, 6.07) is 13.7. The van der Waals surface area contributed by atoms with E-state index in [2.05, 4.69) is 15.9 Å². The minimum absolute atomic E-state index is 0.135. The van der Waals surface area contributed by atoms with Crippen molar-refractivity contribution in [2.24, 2.45) is 0 Å². The number of carbonyl (C=O) groups excluding carboxylic acids is 1. The van der Waals surface area contributed by atoms with E-state index in [1.54, 1.807) is 0 Å². The minimum Gasteiger partial charge on any atom is -0.484 e. The van der Waals surface area contributed by atoms with Crippen LogP contribution in [0.5, 0.6) is 5.75 Å². The minimum atomic E-state index is -0.179. The number of Topliss-reactive ketones (excluding diaryl/α,β-unsaturated/α-hetero) is 1. The molecule has 19 heavy (non-hydrogen) atoms. The van der Waals surface area contributed by atoms with E-state index in [0.29, 0.717) is 17.7 Å². The van der Waals surface area contributed by atoms with Gasteiger partial charge in [-0.05, 0) is 30.2 Å². The van der Waals surface area contributed by atoms with Crippen LogP contribution in [-0.4, -0.2) is 5.78 Å². The van der Waals surface area contributed by atoms with Gasteiger partial charge in [-0.3, -0.25) is 4.79 Å². The summed E-state index contributed by atoms with van der Waals surface area (Å²) in [5.74, 6) is 0.821. The van der Waals surface area contributed by atoms with E-state index >= 15 is 0 Å². The van der Waals surface area contributed by atoms with Gasteiger partial charge in [0.25, 0.3) is 0 Å². The number of carbonyl (C=O) groups is 1. The Labute approximate surface area is 120 Å². The lowest BCUT2D eigenvalue weighted by molar-refractivity contribution is 0.0850. The van der Waals surface area contributed by atoms with Crippen molar-refractivity contribution in [3.8, 4) is 5.75 Å². The number of halogens is 1. The van der Waals surface area contributed by atoms with Gasteiger partial charge in [0.15, 0.2) is 5.78 Å². The fourth-order valence-corrected chi connectivity index (χ4v) is 2.64. The molecule has 0 radical (unpaired) electrons. The van der Waals surface area contributed by atoms with Crippen LogP contribution in [0.3, 0.4) is 0 Å². The van der Waals surface area contributed by atoms with Gasteiger partial charge in [-0.15, -0.1) is 0 Å². The normalized spacial score (nSPS) is 17.8. The average molecular weight is 317 g/mol. The summed E-state index contributed by atoms with van der Waals surface area (Å²) in [7, 11) is 0. The standard InChI is InChI=1S/C16H13BrO2/c1-10-7-16-12(8-13(10)17)14(18)9-15(19-16)11-5-3-2-4-6-11/h2-8,15H,9H2,1H3. The highest BCUT2D eigenvalue weighted by Crippen LogP contribution is 2.37. The first-order chi connectivity index (χ1) is 9.15. The number of ketones is 1. The third kappa shape index (κ3) is 2.30. The van der Waals surface area contributed by atoms with E-state index in [1.165, 1.54) is 0 Å². The van der Waals surface area contributed by atoms with Crippen LogP contribution in [0, 0.1) is 6.92 Å². The Bertz CT molecular complexity index is 635. The van der Waals surface area contributed by atoms with Crippen LogP contribution in [0.2, 0.25) is 0 Å². The molecule has 2 nitrogen and oxygen atoms in total. The fourth-order valence-electron chi connectivity index (χ4n) is 2.30. The lowest BCUT2D eigenvalue weighted by atomic mass is 9.95. The molecule has 0 aromatic heterocycles. The summed E-state index contributed by atoms with van der Waals surface area (Å²) < 4.78 is 6.93. The maximum absolute atomic E-state index is 12.2. The van der Waals surface area contributed by atoms with Gasteiger partial charge in [-0.25, -0.2) is 0 Å². The Morgan fingerprint density at radius 3 is 2.68 bits per heavy atom. The van der Waals surface area contributed by atoms with Crippen LogP contribution in [0.15, 0.2) is 46.9 Å².